The molecule has 0 saturated carbocycles. The van der Waals surface area contributed by atoms with Crippen LogP contribution in [0.4, 0.5) is 5.69 Å². The summed E-state index contributed by atoms with van der Waals surface area (Å²) in [6, 6.07) is 14.7. The van der Waals surface area contributed by atoms with Crippen molar-refractivity contribution >= 4 is 23.3 Å². The first-order valence-electron chi connectivity index (χ1n) is 10.7. The Hall–Kier alpha value is -3.39. The van der Waals surface area contributed by atoms with Gasteiger partial charge >= 0.3 is 17.3 Å². The first kappa shape index (κ1) is 24.3. The fourth-order valence-electron chi connectivity index (χ4n) is 3.42. The summed E-state index contributed by atoms with van der Waals surface area (Å²) in [6.45, 7) is 3.75. The highest BCUT2D eigenvalue weighted by atomic mass is 35.5. The summed E-state index contributed by atoms with van der Waals surface area (Å²) in [5, 5.41) is 0.576. The maximum Gasteiger partial charge on any atom is 0.335 e. The zero-order valence-electron chi connectivity index (χ0n) is 18.9. The lowest BCUT2D eigenvalue weighted by atomic mass is 10.1. The smallest absolute Gasteiger partial charge is 0.335 e. The standard InChI is InChI=1S/C24H27ClN4O4/c1-4-5-17-8-12-20(13-9-17)26-22-27-23(31)29(14-16(2)21(30)33-3)24(32)28(22)15-18-6-10-19(25)11-7-18/h6-13,16H,4-5,14-15H2,1-3H3,(H,26,27,31)/t16-/m0/s1. The summed E-state index contributed by atoms with van der Waals surface area (Å²) in [4.78, 5) is 45.1. The normalized spacial score (nSPS) is 12.5. The van der Waals surface area contributed by atoms with E-state index in [-0.39, 0.29) is 18.7 Å². The number of H-pyrrole nitrogens is 1. The van der Waals surface area contributed by atoms with Gasteiger partial charge in [0.2, 0.25) is 5.62 Å². The van der Waals surface area contributed by atoms with Gasteiger partial charge in [0, 0.05) is 11.6 Å². The quantitative estimate of drug-likeness (QED) is 0.511. The van der Waals surface area contributed by atoms with Crippen LogP contribution in [0.25, 0.3) is 0 Å². The highest BCUT2D eigenvalue weighted by Crippen LogP contribution is 2.13. The van der Waals surface area contributed by atoms with E-state index in [1.165, 1.54) is 17.2 Å². The maximum absolute atomic E-state index is 13.3. The van der Waals surface area contributed by atoms with Gasteiger partial charge < -0.3 is 4.74 Å². The molecule has 0 aliphatic heterocycles. The zero-order valence-corrected chi connectivity index (χ0v) is 19.6. The van der Waals surface area contributed by atoms with Crippen LogP contribution in [0.1, 0.15) is 31.4 Å². The summed E-state index contributed by atoms with van der Waals surface area (Å²) in [5.41, 5.74) is 1.48. The summed E-state index contributed by atoms with van der Waals surface area (Å²) in [7, 11) is 1.26. The van der Waals surface area contributed by atoms with Gasteiger partial charge in [-0.25, -0.2) is 19.1 Å². The third-order valence-corrected chi connectivity index (χ3v) is 5.46. The van der Waals surface area contributed by atoms with E-state index in [1.807, 2.05) is 24.3 Å². The molecule has 33 heavy (non-hydrogen) atoms. The van der Waals surface area contributed by atoms with Gasteiger partial charge in [0.1, 0.15) is 0 Å². The second-order valence-corrected chi connectivity index (χ2v) is 8.25. The number of rotatable bonds is 8. The second-order valence-electron chi connectivity index (χ2n) is 7.81. The molecule has 0 aliphatic carbocycles. The number of aromatic nitrogens is 3. The Morgan fingerprint density at radius 1 is 1.06 bits per heavy atom. The number of hydrogen-bond donors (Lipinski definition) is 1. The number of benzene rings is 2. The van der Waals surface area contributed by atoms with Gasteiger partial charge in [-0.15, -0.1) is 0 Å². The van der Waals surface area contributed by atoms with Crippen LogP contribution < -0.4 is 17.0 Å². The Kier molecular flexibility index (Phi) is 8.06. The van der Waals surface area contributed by atoms with Gasteiger partial charge in [0.15, 0.2) is 0 Å². The molecule has 3 rings (SSSR count). The van der Waals surface area contributed by atoms with Crippen molar-refractivity contribution in [3.8, 4) is 0 Å². The Bertz CT molecular complexity index is 1290. The summed E-state index contributed by atoms with van der Waals surface area (Å²) >= 11 is 5.98. The lowest BCUT2D eigenvalue weighted by Crippen LogP contribution is -2.51. The molecule has 1 heterocycles. The molecule has 0 saturated heterocycles. The largest absolute Gasteiger partial charge is 0.469 e. The van der Waals surface area contributed by atoms with Crippen LogP contribution in [0.15, 0.2) is 63.1 Å². The van der Waals surface area contributed by atoms with Gasteiger partial charge in [0.05, 0.1) is 25.3 Å². The zero-order chi connectivity index (χ0) is 24.0. The monoisotopic (exact) mass is 470 g/mol. The van der Waals surface area contributed by atoms with Gasteiger partial charge in [-0.2, -0.15) is 0 Å². The van der Waals surface area contributed by atoms with E-state index in [1.54, 1.807) is 31.2 Å². The van der Waals surface area contributed by atoms with Gasteiger partial charge in [-0.05, 0) is 41.8 Å². The molecule has 0 aliphatic rings. The van der Waals surface area contributed by atoms with Crippen LogP contribution in [0.3, 0.4) is 0 Å². The van der Waals surface area contributed by atoms with Crippen molar-refractivity contribution in [2.75, 3.05) is 7.11 Å². The molecule has 1 N–H and O–H groups in total. The van der Waals surface area contributed by atoms with Crippen LogP contribution >= 0.6 is 11.6 Å². The molecule has 1 atom stereocenters. The number of esters is 1. The van der Waals surface area contributed by atoms with E-state index in [4.69, 9.17) is 16.3 Å². The molecule has 9 heteroatoms. The Labute approximate surface area is 196 Å². The fourth-order valence-corrected chi connectivity index (χ4v) is 3.54. The molecule has 2 aromatic carbocycles. The van der Waals surface area contributed by atoms with Crippen molar-refractivity contribution in [3.05, 3.63) is 91.3 Å². The predicted octanol–water partition coefficient (Wildman–Crippen LogP) is 3.03. The number of halogens is 1. The summed E-state index contributed by atoms with van der Waals surface area (Å²) in [6.07, 6.45) is 2.00. The number of aryl methyl sites for hydroxylation is 1. The molecule has 8 nitrogen and oxygen atoms in total. The molecule has 3 aromatic rings. The van der Waals surface area contributed by atoms with Gasteiger partial charge in [0.25, 0.3) is 0 Å². The van der Waals surface area contributed by atoms with Crippen LogP contribution in [0, 0.1) is 5.92 Å². The van der Waals surface area contributed by atoms with E-state index in [2.05, 4.69) is 16.9 Å². The number of nitrogens with zero attached hydrogens (tertiary/aromatic N) is 3. The third kappa shape index (κ3) is 6.10. The van der Waals surface area contributed by atoms with Crippen molar-refractivity contribution in [2.45, 2.75) is 39.8 Å². The Morgan fingerprint density at radius 2 is 1.70 bits per heavy atom. The number of carbonyl (C=O) groups excluding carboxylic acids is 1. The summed E-state index contributed by atoms with van der Waals surface area (Å²) in [5.74, 6) is -1.18. The number of ether oxygens (including phenoxy) is 1. The number of nitrogens with one attached hydrogen (secondary N) is 1. The SMILES string of the molecule is CCCc1ccc(/N=c2\[nH]c(=O)n(C[C@H](C)C(=O)OC)c(=O)n2Cc2ccc(Cl)cc2)cc1. The molecule has 0 fully saturated rings. The Morgan fingerprint density at radius 3 is 2.30 bits per heavy atom. The van der Waals surface area contributed by atoms with E-state index in [9.17, 15) is 14.4 Å². The highest BCUT2D eigenvalue weighted by molar-refractivity contribution is 6.30. The lowest BCUT2D eigenvalue weighted by molar-refractivity contribution is -0.145. The predicted molar refractivity (Wildman–Crippen MR) is 127 cm³/mol. The van der Waals surface area contributed by atoms with Crippen molar-refractivity contribution in [1.29, 1.82) is 0 Å². The summed E-state index contributed by atoms with van der Waals surface area (Å²) < 4.78 is 7.08. The van der Waals surface area contributed by atoms with Crippen molar-refractivity contribution < 1.29 is 9.53 Å². The van der Waals surface area contributed by atoms with Crippen LogP contribution in [0.5, 0.6) is 0 Å². The third-order valence-electron chi connectivity index (χ3n) is 5.21. The van der Waals surface area contributed by atoms with Crippen molar-refractivity contribution in [1.82, 2.24) is 14.1 Å². The lowest BCUT2D eigenvalue weighted by Gasteiger charge is -2.14. The molecule has 1 aromatic heterocycles. The molecule has 0 amide bonds. The molecular weight excluding hydrogens is 444 g/mol. The first-order valence-corrected chi connectivity index (χ1v) is 11.1. The molecule has 0 unspecified atom stereocenters. The molecular formula is C24H27ClN4O4. The van der Waals surface area contributed by atoms with E-state index < -0.39 is 23.3 Å². The first-order chi connectivity index (χ1) is 15.8. The fraction of sp³-hybridized carbons (Fsp3) is 0.333. The maximum atomic E-state index is 13.3. The van der Waals surface area contributed by atoms with Crippen LogP contribution in [-0.2, 0) is 29.0 Å². The minimum Gasteiger partial charge on any atom is -0.469 e. The minimum atomic E-state index is -0.674. The number of aromatic amines is 1. The van der Waals surface area contributed by atoms with E-state index in [0.717, 1.165) is 23.0 Å². The average molecular weight is 471 g/mol. The van der Waals surface area contributed by atoms with Crippen LogP contribution in [-0.4, -0.2) is 27.2 Å². The van der Waals surface area contributed by atoms with Gasteiger partial charge in [-0.3, -0.25) is 14.3 Å². The van der Waals surface area contributed by atoms with E-state index >= 15 is 0 Å². The number of methoxy groups -OCH3 is 1. The Balaban J connectivity index is 2.12. The van der Waals surface area contributed by atoms with Crippen molar-refractivity contribution in [3.63, 3.8) is 0 Å². The highest BCUT2D eigenvalue weighted by Gasteiger charge is 2.18. The molecule has 174 valence electrons. The average Bonchev–Trinajstić information content (AvgIpc) is 2.81. The molecule has 0 bridgehead atoms. The number of carbonyl (C=O) groups is 1. The van der Waals surface area contributed by atoms with E-state index in [0.29, 0.717) is 10.7 Å². The van der Waals surface area contributed by atoms with Crippen molar-refractivity contribution in [2.24, 2.45) is 10.9 Å². The molecule has 0 spiro atoms. The van der Waals surface area contributed by atoms with Crippen LogP contribution in [0.2, 0.25) is 5.02 Å². The van der Waals surface area contributed by atoms with Gasteiger partial charge in [-0.1, -0.05) is 56.1 Å². The second kappa shape index (κ2) is 11.0. The number of hydrogen-bond acceptors (Lipinski definition) is 5. The topological polar surface area (TPSA) is 98.5 Å². The molecule has 0 radical (unpaired) electrons. The minimum absolute atomic E-state index is 0.116.